The fourth-order valence-corrected chi connectivity index (χ4v) is 3.59. The van der Waals surface area contributed by atoms with E-state index in [0.717, 1.165) is 28.3 Å². The summed E-state index contributed by atoms with van der Waals surface area (Å²) in [4.78, 5) is 8.67. The predicted molar refractivity (Wildman–Crippen MR) is 110 cm³/mol. The highest BCUT2D eigenvalue weighted by Crippen LogP contribution is 2.31. The van der Waals surface area contributed by atoms with E-state index in [0.29, 0.717) is 28.0 Å². The molecule has 3 heterocycles. The molecular weight excluding hydrogens is 414 g/mol. The van der Waals surface area contributed by atoms with Gasteiger partial charge < -0.3 is 0 Å². The Bertz CT molecular complexity index is 1200. The minimum Gasteiger partial charge on any atom is -0.270 e. The van der Waals surface area contributed by atoms with Crippen LogP contribution in [0.2, 0.25) is 10.0 Å². The molecule has 0 bridgehead atoms. The second-order valence-corrected chi connectivity index (χ2v) is 7.44. The first-order chi connectivity index (χ1) is 13.8. The topological polar surface area (TPSA) is 61.4 Å². The number of benzene rings is 1. The summed E-state index contributed by atoms with van der Waals surface area (Å²) in [6.07, 6.45) is 1.94. The highest BCUT2D eigenvalue weighted by atomic mass is 35.5. The maximum absolute atomic E-state index is 13.2. The molecule has 0 N–H and O–H groups in total. The molecule has 6 nitrogen and oxygen atoms in total. The maximum Gasteiger partial charge on any atom is 0.157 e. The molecule has 3 aromatic heterocycles. The normalized spacial score (nSPS) is 11.2. The van der Waals surface area contributed by atoms with Gasteiger partial charge in [-0.05, 0) is 38.1 Å². The van der Waals surface area contributed by atoms with Crippen LogP contribution in [0.15, 0.2) is 36.7 Å². The van der Waals surface area contributed by atoms with Crippen LogP contribution < -0.4 is 0 Å². The molecule has 9 heteroatoms. The molecule has 0 aliphatic carbocycles. The van der Waals surface area contributed by atoms with E-state index in [-0.39, 0.29) is 5.82 Å². The molecule has 0 fully saturated rings. The third kappa shape index (κ3) is 3.63. The van der Waals surface area contributed by atoms with Gasteiger partial charge in [-0.3, -0.25) is 4.68 Å². The summed E-state index contributed by atoms with van der Waals surface area (Å²) < 4.78 is 16.6. The van der Waals surface area contributed by atoms with E-state index >= 15 is 0 Å². The van der Waals surface area contributed by atoms with Gasteiger partial charge in [-0.25, -0.2) is 19.0 Å². The van der Waals surface area contributed by atoms with Crippen molar-refractivity contribution in [2.75, 3.05) is 0 Å². The highest BCUT2D eigenvalue weighted by Gasteiger charge is 2.18. The van der Waals surface area contributed by atoms with Gasteiger partial charge in [0.25, 0.3) is 0 Å². The maximum atomic E-state index is 13.2. The second-order valence-electron chi connectivity index (χ2n) is 6.68. The lowest BCUT2D eigenvalue weighted by atomic mass is 10.1. The smallest absolute Gasteiger partial charge is 0.157 e. The quantitative estimate of drug-likeness (QED) is 0.469. The zero-order valence-electron chi connectivity index (χ0n) is 16.0. The van der Waals surface area contributed by atoms with Gasteiger partial charge in [0.15, 0.2) is 5.82 Å². The molecule has 1 aromatic carbocycles. The minimum atomic E-state index is -0.307. The second kappa shape index (κ2) is 7.57. The zero-order chi connectivity index (χ0) is 20.7. The Hall–Kier alpha value is -2.77. The number of aryl methyl sites for hydroxylation is 2. The fraction of sp³-hybridized carbons (Fsp3) is 0.200. The first-order valence-electron chi connectivity index (χ1n) is 8.85. The number of hydrogen-bond donors (Lipinski definition) is 0. The Balaban J connectivity index is 1.68. The van der Waals surface area contributed by atoms with Gasteiger partial charge >= 0.3 is 0 Å². The monoisotopic (exact) mass is 430 g/mol. The van der Waals surface area contributed by atoms with Crippen LogP contribution in [0.3, 0.4) is 0 Å². The lowest BCUT2D eigenvalue weighted by molar-refractivity contribution is 0.628. The van der Waals surface area contributed by atoms with E-state index in [1.54, 1.807) is 21.5 Å². The summed E-state index contributed by atoms with van der Waals surface area (Å²) in [6, 6.07) is 7.93. The highest BCUT2D eigenvalue weighted by molar-refractivity contribution is 6.33. The zero-order valence-corrected chi connectivity index (χ0v) is 17.5. The van der Waals surface area contributed by atoms with Crippen molar-refractivity contribution in [3.8, 4) is 17.1 Å². The van der Waals surface area contributed by atoms with Crippen molar-refractivity contribution in [1.29, 1.82) is 0 Å². The number of hydrogen-bond acceptors (Lipinski definition) is 4. The average Bonchev–Trinajstić information content (AvgIpc) is 3.13. The SMILES string of the molecule is Cc1nn(-c2cc(Cc3c(Cl)c(-c4ccc(F)cc4)nn3C)ncn2)c(C)c1Cl. The third-order valence-corrected chi connectivity index (χ3v) is 5.64. The van der Waals surface area contributed by atoms with E-state index in [1.165, 1.54) is 18.5 Å². The van der Waals surface area contributed by atoms with Crippen molar-refractivity contribution in [2.45, 2.75) is 20.3 Å². The Kier molecular flexibility index (Phi) is 5.10. The molecule has 0 unspecified atom stereocenters. The van der Waals surface area contributed by atoms with Crippen LogP contribution in [-0.4, -0.2) is 29.5 Å². The van der Waals surface area contributed by atoms with Gasteiger partial charge in [0.2, 0.25) is 0 Å². The molecule has 0 spiro atoms. The lowest BCUT2D eigenvalue weighted by Crippen LogP contribution is -2.06. The summed E-state index contributed by atoms with van der Waals surface area (Å²) in [5.74, 6) is 0.318. The third-order valence-electron chi connectivity index (χ3n) is 4.70. The summed E-state index contributed by atoms with van der Waals surface area (Å²) in [5, 5.41) is 10.1. The van der Waals surface area contributed by atoms with E-state index in [2.05, 4.69) is 20.2 Å². The summed E-state index contributed by atoms with van der Waals surface area (Å²) in [7, 11) is 1.82. The molecule has 29 heavy (non-hydrogen) atoms. The number of nitrogens with zero attached hydrogens (tertiary/aromatic N) is 6. The first-order valence-corrected chi connectivity index (χ1v) is 9.61. The van der Waals surface area contributed by atoms with Crippen LogP contribution in [0, 0.1) is 19.7 Å². The Labute approximate surface area is 176 Å². The summed E-state index contributed by atoms with van der Waals surface area (Å²) >= 11 is 12.9. The van der Waals surface area contributed by atoms with Crippen molar-refractivity contribution < 1.29 is 4.39 Å². The molecule has 4 aromatic rings. The lowest BCUT2D eigenvalue weighted by Gasteiger charge is -2.06. The van der Waals surface area contributed by atoms with E-state index in [9.17, 15) is 4.39 Å². The van der Waals surface area contributed by atoms with Gasteiger partial charge in [0.1, 0.15) is 17.8 Å². The van der Waals surface area contributed by atoms with Crippen LogP contribution >= 0.6 is 23.2 Å². The van der Waals surface area contributed by atoms with Gasteiger partial charge in [0.05, 0.1) is 32.8 Å². The molecular formula is C20H17Cl2FN6. The minimum absolute atomic E-state index is 0.307. The van der Waals surface area contributed by atoms with Crippen LogP contribution in [0.5, 0.6) is 0 Å². The standard InChI is InChI=1S/C20H17Cl2FN6/c1-11-18(21)12(2)29(26-11)17-9-15(24-10-25-17)8-16-19(22)20(27-28(16)3)13-4-6-14(23)7-5-13/h4-7,9-10H,8H2,1-3H3. The number of rotatable bonds is 4. The van der Waals surface area contributed by atoms with Crippen molar-refractivity contribution in [2.24, 2.45) is 7.05 Å². The molecule has 0 saturated heterocycles. The van der Waals surface area contributed by atoms with Crippen LogP contribution in [0.4, 0.5) is 4.39 Å². The number of halogens is 3. The first kappa shape index (κ1) is 19.5. The van der Waals surface area contributed by atoms with Crippen LogP contribution in [0.25, 0.3) is 17.1 Å². The van der Waals surface area contributed by atoms with E-state index in [4.69, 9.17) is 23.2 Å². The van der Waals surface area contributed by atoms with Crippen molar-refractivity contribution in [1.82, 2.24) is 29.5 Å². The molecule has 0 saturated carbocycles. The Morgan fingerprint density at radius 2 is 1.72 bits per heavy atom. The average molecular weight is 431 g/mol. The molecule has 0 radical (unpaired) electrons. The molecule has 0 aliphatic heterocycles. The molecule has 148 valence electrons. The molecule has 0 atom stereocenters. The van der Waals surface area contributed by atoms with Gasteiger partial charge in [0, 0.05) is 25.1 Å². The summed E-state index contributed by atoms with van der Waals surface area (Å²) in [5.41, 5.74) is 4.45. The van der Waals surface area contributed by atoms with Gasteiger partial charge in [-0.1, -0.05) is 23.2 Å². The van der Waals surface area contributed by atoms with Crippen molar-refractivity contribution in [3.05, 3.63) is 75.3 Å². The largest absolute Gasteiger partial charge is 0.270 e. The van der Waals surface area contributed by atoms with E-state index < -0.39 is 0 Å². The van der Waals surface area contributed by atoms with Crippen molar-refractivity contribution >= 4 is 23.2 Å². The van der Waals surface area contributed by atoms with Crippen LogP contribution in [0.1, 0.15) is 22.8 Å². The predicted octanol–water partition coefficient (Wildman–Crippen LogP) is 4.72. The molecule has 4 rings (SSSR count). The fourth-order valence-electron chi connectivity index (χ4n) is 3.13. The Morgan fingerprint density at radius 3 is 2.38 bits per heavy atom. The van der Waals surface area contributed by atoms with Gasteiger partial charge in [-0.2, -0.15) is 10.2 Å². The van der Waals surface area contributed by atoms with E-state index in [1.807, 2.05) is 27.0 Å². The molecule has 0 amide bonds. The Morgan fingerprint density at radius 1 is 1.00 bits per heavy atom. The van der Waals surface area contributed by atoms with Crippen LogP contribution in [-0.2, 0) is 13.5 Å². The number of aromatic nitrogens is 6. The molecule has 0 aliphatic rings. The summed E-state index contributed by atoms with van der Waals surface area (Å²) in [6.45, 7) is 3.73. The van der Waals surface area contributed by atoms with Crippen molar-refractivity contribution in [3.63, 3.8) is 0 Å². The van der Waals surface area contributed by atoms with Gasteiger partial charge in [-0.15, -0.1) is 0 Å².